The molecule has 3 aromatic carbocycles. The number of halogens is 4. The number of hydrogen-bond acceptors (Lipinski definition) is 47. The number of nitrogens with two attached hydrogens (primary N) is 3. The van der Waals surface area contributed by atoms with Crippen LogP contribution in [0.15, 0.2) is 133 Å². The summed E-state index contributed by atoms with van der Waals surface area (Å²) in [4.78, 5) is 157. The summed E-state index contributed by atoms with van der Waals surface area (Å²) in [6.45, 7) is 1.05. The normalized spacial score (nSPS) is 19.2. The summed E-state index contributed by atoms with van der Waals surface area (Å²) in [6.07, 6.45) is 5.17. The van der Waals surface area contributed by atoms with Crippen molar-refractivity contribution in [3.05, 3.63) is 207 Å². The SMILES string of the molecule is C#C[C@]1(CO)O[C@@H](n2cnc3c(N)nc(F)nc32)C[C@@H]1O.C#C[C@]1(COC(=O)OCc2oc(=O)oc2C)O[C@@H](n2cnc3c(N)nc(F)nc32)C[C@@H]1OC(=O)OCc1oc(=O)oc1C.C#C[C@]1(COC(=O)Oc2ccc([N+](=O)[O-])cc2)O[C@@H](n2cnc3c(N)nc(F)nc32)C[C@@H]1OC(=O)Oc1ccc([N+](=O)[O-])cc1.Cc1oc(=O)oc1CO.O=C(Cl)Oc1ccc([N+](=O)[O-])cc1. The lowest BCUT2D eigenvalue weighted by Gasteiger charge is -2.27. The first-order valence-corrected chi connectivity index (χ1v) is 36.8. The third-order valence-electron chi connectivity index (χ3n) is 18.4. The van der Waals surface area contributed by atoms with E-state index in [-0.39, 0.29) is 140 Å². The molecule has 131 heavy (non-hydrogen) atoms. The van der Waals surface area contributed by atoms with E-state index in [1.54, 1.807) is 6.92 Å². The summed E-state index contributed by atoms with van der Waals surface area (Å²) >= 11 is 4.92. The first-order chi connectivity index (χ1) is 62.3. The highest BCUT2D eigenvalue weighted by Crippen LogP contribution is 2.44. The van der Waals surface area contributed by atoms with Gasteiger partial charge in [0, 0.05) is 67.3 Å². The molecule has 3 fully saturated rings. The summed E-state index contributed by atoms with van der Waals surface area (Å²) in [6, 6.07) is 14.1. The summed E-state index contributed by atoms with van der Waals surface area (Å²) in [5.74, 6) is 4.11. The number of anilines is 3. The molecular formula is C74H60ClF3N18O35. The van der Waals surface area contributed by atoms with Crippen molar-refractivity contribution in [1.29, 1.82) is 0 Å². The van der Waals surface area contributed by atoms with Crippen LogP contribution in [0.25, 0.3) is 33.5 Å². The van der Waals surface area contributed by atoms with Crippen molar-refractivity contribution < 1.29 is 151 Å². The number of rotatable bonds is 21. The van der Waals surface area contributed by atoms with Crippen molar-refractivity contribution in [2.24, 2.45) is 0 Å². The highest BCUT2D eigenvalue weighted by Gasteiger charge is 2.55. The van der Waals surface area contributed by atoms with Crippen molar-refractivity contribution in [2.45, 2.75) is 114 Å². The number of imidazole rings is 3. The van der Waals surface area contributed by atoms with Crippen LogP contribution < -0.4 is 48.9 Å². The number of nitro groups is 3. The number of ether oxygens (including phenoxy) is 12. The van der Waals surface area contributed by atoms with Gasteiger partial charge in [-0.05, 0) is 57.2 Å². The number of aryl methyl sites for hydroxylation is 3. The second-order valence-corrected chi connectivity index (χ2v) is 26.7. The lowest BCUT2D eigenvalue weighted by atomic mass is 9.98. The Kier molecular flexibility index (Phi) is 29.3. The van der Waals surface area contributed by atoms with E-state index in [4.69, 9.17) is 119 Å². The number of terminal acetylenes is 3. The van der Waals surface area contributed by atoms with Gasteiger partial charge in [0.05, 0.1) is 40.4 Å². The van der Waals surface area contributed by atoms with Crippen LogP contribution in [-0.2, 0) is 62.5 Å². The lowest BCUT2D eigenvalue weighted by molar-refractivity contribution is -0.385. The van der Waals surface area contributed by atoms with Crippen molar-refractivity contribution in [3.63, 3.8) is 0 Å². The van der Waals surface area contributed by atoms with Crippen LogP contribution in [-0.4, -0.2) is 174 Å². The Morgan fingerprint density at radius 1 is 0.489 bits per heavy atom. The van der Waals surface area contributed by atoms with Gasteiger partial charge in [-0.15, -0.1) is 19.3 Å². The number of non-ortho nitro benzene ring substituents is 3. The molecule has 9 atom stereocenters. The van der Waals surface area contributed by atoms with Gasteiger partial charge in [0.25, 0.3) is 17.1 Å². The number of aliphatic hydroxyl groups excluding tert-OH is 3. The number of benzene rings is 3. The van der Waals surface area contributed by atoms with Gasteiger partial charge in [0.1, 0.15) is 67.6 Å². The number of nitrogens with zero attached hydrogens (tertiary/aromatic N) is 15. The molecular weight excluding hydrogens is 1790 g/mol. The van der Waals surface area contributed by atoms with E-state index in [0.717, 1.165) is 48.5 Å². The molecule has 0 bridgehead atoms. The van der Waals surface area contributed by atoms with Crippen molar-refractivity contribution >= 4 is 110 Å². The third kappa shape index (κ3) is 22.5. The maximum Gasteiger partial charge on any atom is 0.519 e. The molecule has 0 amide bonds. The molecule has 12 aromatic rings. The van der Waals surface area contributed by atoms with E-state index < -0.39 is 167 Å². The van der Waals surface area contributed by atoms with Crippen LogP contribution in [0.3, 0.4) is 0 Å². The quantitative estimate of drug-likeness (QED) is 0.00642. The topological polar surface area (TPSA) is 725 Å². The summed E-state index contributed by atoms with van der Waals surface area (Å²) < 4.78 is 136. The van der Waals surface area contributed by atoms with Crippen molar-refractivity contribution in [2.75, 3.05) is 37.0 Å². The zero-order valence-electron chi connectivity index (χ0n) is 66.6. The van der Waals surface area contributed by atoms with Crippen LogP contribution in [0.4, 0.5) is 71.7 Å². The maximum atomic E-state index is 14.0. The molecule has 684 valence electrons. The molecule has 0 spiro atoms. The number of fused-ring (bicyclic) bond motifs is 3. The molecule has 53 nitrogen and oxygen atoms in total. The first-order valence-electron chi connectivity index (χ1n) is 36.4. The Morgan fingerprint density at radius 2 is 0.817 bits per heavy atom. The van der Waals surface area contributed by atoms with E-state index in [1.165, 1.54) is 70.8 Å². The fraction of sp³-hybridized carbons (Fsp3) is 0.284. The van der Waals surface area contributed by atoms with Gasteiger partial charge in [-0.2, -0.15) is 43.1 Å². The number of hydrogen-bond donors (Lipinski definition) is 6. The molecule has 57 heteroatoms. The Bertz CT molecular complexity index is 6640. The minimum atomic E-state index is -1.98. The number of carbonyl (C=O) groups excluding carboxylic acids is 5. The smallest absolute Gasteiger partial charge is 0.430 e. The predicted octanol–water partition coefficient (Wildman–Crippen LogP) is 6.64. The number of nitro benzene ring substituents is 3. The minimum Gasteiger partial charge on any atom is -0.430 e. The second kappa shape index (κ2) is 40.5. The fourth-order valence-electron chi connectivity index (χ4n) is 12.0. The van der Waals surface area contributed by atoms with E-state index in [9.17, 15) is 92.1 Å². The van der Waals surface area contributed by atoms with Gasteiger partial charge in [-0.25, -0.2) is 53.3 Å². The van der Waals surface area contributed by atoms with Crippen LogP contribution in [0.5, 0.6) is 17.2 Å². The average Bonchev–Trinajstić information content (AvgIpc) is 1.61. The molecule has 12 heterocycles. The molecule has 3 aliphatic rings. The molecule has 0 aliphatic carbocycles. The van der Waals surface area contributed by atoms with Crippen LogP contribution in [0.2, 0.25) is 0 Å². The largest absolute Gasteiger partial charge is 0.519 e. The van der Waals surface area contributed by atoms with E-state index >= 15 is 0 Å². The molecule has 9 N–H and O–H groups in total. The molecule has 0 radical (unpaired) electrons. The zero-order valence-corrected chi connectivity index (χ0v) is 67.3. The van der Waals surface area contributed by atoms with Gasteiger partial charge in [0.15, 0.2) is 111 Å². The Hall–Kier alpha value is -17.0. The van der Waals surface area contributed by atoms with Gasteiger partial charge in [0.2, 0.25) is 11.2 Å². The standard InChI is InChI=1S/C26H18FN7O11.C24H20FN5O13.C12H12FN5O3.C7H4ClNO4.C5H6O4/c1-2-26(12-41-24(35)42-16-7-3-14(4-8-16)33(37)38)18(44-25(36)43-17-9-5-15(6-10-17)34(39)40)11-19(45-26)32-13-29-20-21(28)30-23(27)31-22(20)32;1-4-24(8-37-20(31)35-6-12-10(2)38-22(33)40-12)14(42-21(32)36-7-13-11(3)39-23(34)41-13)5-15(43-24)30-9-27-16-17(26)28-19(25)29-18(16)30;1-2-12(4-19)6(20)3-7(21-12)18-5-15-8-9(14)16-11(13)17-10(8)18;8-7(10)13-6-3-1-5(2-4-6)9(11)12;1-3-4(2-6)9-5(7)8-3/h1,3-10,13,18-19H,11-12H2,(H2,28,30,31);1,9,14-15H,5-8H2,2-3H3,(H2,26,28,29);1,5-7,19-20H,3-4H2,(H2,14,16,17);1-4H;6H,2H2,1H3/t18-,19+,26+;14-,15+,24+;6-,7+,12+;;/m000../s1. The summed E-state index contributed by atoms with van der Waals surface area (Å²) in [7, 11) is 0. The van der Waals surface area contributed by atoms with Crippen LogP contribution in [0.1, 0.15) is 72.5 Å². The predicted molar refractivity (Wildman–Crippen MR) is 418 cm³/mol. The first kappa shape index (κ1) is 94.7. The van der Waals surface area contributed by atoms with Crippen LogP contribution in [0, 0.1) is 106 Å². The maximum absolute atomic E-state index is 14.0. The van der Waals surface area contributed by atoms with Crippen LogP contribution >= 0.6 is 11.6 Å². The molecule has 0 saturated carbocycles. The molecule has 3 aliphatic heterocycles. The highest BCUT2D eigenvalue weighted by molar-refractivity contribution is 6.61. The van der Waals surface area contributed by atoms with Gasteiger partial charge in [-0.3, -0.25) is 44.0 Å². The Labute approximate surface area is 727 Å². The number of nitrogen functional groups attached to an aromatic ring is 3. The minimum absolute atomic E-state index is 0.0381. The monoisotopic (exact) mass is 1850 g/mol. The van der Waals surface area contributed by atoms with Gasteiger partial charge in [-0.1, -0.05) is 17.8 Å². The molecule has 0 unspecified atom stereocenters. The molecule has 9 aromatic heterocycles. The number of carbonyl (C=O) groups is 5. The van der Waals surface area contributed by atoms with E-state index in [0.29, 0.717) is 5.76 Å². The Balaban J connectivity index is 0.000000176. The van der Waals surface area contributed by atoms with Crippen molar-refractivity contribution in [1.82, 2.24) is 58.6 Å². The Morgan fingerprint density at radius 3 is 1.14 bits per heavy atom. The molecule has 3 saturated heterocycles. The van der Waals surface area contributed by atoms with E-state index in [1.807, 2.05) is 0 Å². The number of aliphatic hydroxyl groups is 3. The highest BCUT2D eigenvalue weighted by atomic mass is 35.5. The van der Waals surface area contributed by atoms with Crippen molar-refractivity contribution in [3.8, 4) is 54.3 Å². The van der Waals surface area contributed by atoms with Gasteiger partial charge >= 0.3 is 65.8 Å². The zero-order chi connectivity index (χ0) is 95.1. The van der Waals surface area contributed by atoms with Gasteiger partial charge < -0.3 is 116 Å². The number of aromatic nitrogens is 12. The fourth-order valence-corrected chi connectivity index (χ4v) is 12.1. The average molecular weight is 1850 g/mol. The lowest BCUT2D eigenvalue weighted by Crippen LogP contribution is -2.46. The summed E-state index contributed by atoms with van der Waals surface area (Å²) in [5, 5.41) is 59.7. The second-order valence-electron chi connectivity index (χ2n) is 26.4. The van der Waals surface area contributed by atoms with E-state index in [2.05, 4.69) is 80.6 Å². The molecule has 15 rings (SSSR count). The third-order valence-corrected chi connectivity index (χ3v) is 18.4. The summed E-state index contributed by atoms with van der Waals surface area (Å²) in [5.41, 5.74) is 10.4.